The number of esters is 1. The van der Waals surface area contributed by atoms with Crippen LogP contribution in [-0.2, 0) is 24.3 Å². The van der Waals surface area contributed by atoms with Gasteiger partial charge in [0.25, 0.3) is 10.0 Å². The highest BCUT2D eigenvalue weighted by molar-refractivity contribution is 7.91. The fourth-order valence-corrected chi connectivity index (χ4v) is 2.76. The Morgan fingerprint density at radius 1 is 1.39 bits per heavy atom. The highest BCUT2D eigenvalue weighted by Crippen LogP contribution is 2.19. The van der Waals surface area contributed by atoms with Crippen molar-refractivity contribution in [1.82, 2.24) is 14.9 Å². The molecule has 1 aromatic heterocycles. The first-order chi connectivity index (χ1) is 8.35. The molecule has 0 aliphatic heterocycles. The number of nitrogens with zero attached hydrogens (tertiary/aromatic N) is 2. The monoisotopic (exact) mass is 294 g/mol. The molecule has 18 heavy (non-hydrogen) atoms. The summed E-state index contributed by atoms with van der Waals surface area (Å²) in [5.74, 6) is -1.12. The summed E-state index contributed by atoms with van der Waals surface area (Å²) in [5.41, 5.74) is 0. The Kier molecular flexibility index (Phi) is 4.69. The lowest BCUT2D eigenvalue weighted by molar-refractivity contribution is -0.139. The molecule has 0 spiro atoms. The largest absolute Gasteiger partial charge is 0.468 e. The fourth-order valence-electron chi connectivity index (χ4n) is 0.807. The van der Waals surface area contributed by atoms with Crippen LogP contribution in [0.3, 0.4) is 0 Å². The maximum Gasteiger partial charge on any atom is 0.320 e. The van der Waals surface area contributed by atoms with Crippen LogP contribution in [-0.4, -0.2) is 44.1 Å². The van der Waals surface area contributed by atoms with Crippen LogP contribution in [0.25, 0.3) is 0 Å². The Hall–Kier alpha value is -1.59. The molecule has 0 aliphatic carbocycles. The quantitative estimate of drug-likeness (QED) is 0.523. The number of aromatic nitrogens is 2. The standard InChI is InChI=1S/C7H10N4O5S2/c1-4(12)9-6-10-11-7(17-6)18(14,15)8-3-5(13)16-2/h8H,3H2,1-2H3,(H,9,10,12). The third-order valence-electron chi connectivity index (χ3n) is 1.55. The van der Waals surface area contributed by atoms with Crippen molar-refractivity contribution in [3.8, 4) is 0 Å². The molecule has 0 aromatic carbocycles. The minimum Gasteiger partial charge on any atom is -0.468 e. The second-order valence-electron chi connectivity index (χ2n) is 2.95. The van der Waals surface area contributed by atoms with Crippen molar-refractivity contribution in [2.24, 2.45) is 0 Å². The summed E-state index contributed by atoms with van der Waals surface area (Å²) >= 11 is 0.671. The maximum atomic E-state index is 11.6. The summed E-state index contributed by atoms with van der Waals surface area (Å²) in [6, 6.07) is 0. The summed E-state index contributed by atoms with van der Waals surface area (Å²) in [6.07, 6.45) is 0. The molecule has 0 fully saturated rings. The Balaban J connectivity index is 2.76. The van der Waals surface area contributed by atoms with E-state index in [4.69, 9.17) is 0 Å². The molecule has 0 atom stereocenters. The van der Waals surface area contributed by atoms with Crippen molar-refractivity contribution in [2.45, 2.75) is 11.3 Å². The van der Waals surface area contributed by atoms with Gasteiger partial charge in [0, 0.05) is 6.92 Å². The first-order valence-electron chi connectivity index (χ1n) is 4.52. The van der Waals surface area contributed by atoms with Gasteiger partial charge in [-0.05, 0) is 0 Å². The lowest BCUT2D eigenvalue weighted by Gasteiger charge is -2.01. The van der Waals surface area contributed by atoms with Gasteiger partial charge in [-0.2, -0.15) is 4.72 Å². The normalized spacial score (nSPS) is 11.0. The molecule has 9 nitrogen and oxygen atoms in total. The van der Waals surface area contributed by atoms with Gasteiger partial charge >= 0.3 is 5.97 Å². The van der Waals surface area contributed by atoms with E-state index in [1.54, 1.807) is 0 Å². The van der Waals surface area contributed by atoms with E-state index in [1.807, 2.05) is 4.72 Å². The SMILES string of the molecule is COC(=O)CNS(=O)(=O)c1nnc(NC(C)=O)s1. The number of amides is 1. The molecule has 1 rings (SSSR count). The van der Waals surface area contributed by atoms with Gasteiger partial charge in [-0.25, -0.2) is 8.42 Å². The average Bonchev–Trinajstić information content (AvgIpc) is 2.74. The minimum absolute atomic E-state index is 0.0564. The van der Waals surface area contributed by atoms with E-state index in [9.17, 15) is 18.0 Å². The van der Waals surface area contributed by atoms with Crippen LogP contribution in [0.2, 0.25) is 0 Å². The van der Waals surface area contributed by atoms with Gasteiger partial charge < -0.3 is 10.1 Å². The van der Waals surface area contributed by atoms with Gasteiger partial charge in [-0.15, -0.1) is 10.2 Å². The molecule has 0 saturated carbocycles. The zero-order valence-corrected chi connectivity index (χ0v) is 11.1. The number of methoxy groups -OCH3 is 1. The molecule has 0 bridgehead atoms. The molecular weight excluding hydrogens is 284 g/mol. The van der Waals surface area contributed by atoms with E-state index in [1.165, 1.54) is 6.92 Å². The Labute approximate surface area is 107 Å². The fraction of sp³-hybridized carbons (Fsp3) is 0.429. The summed E-state index contributed by atoms with van der Waals surface area (Å²) < 4.78 is 29.2. The topological polar surface area (TPSA) is 127 Å². The van der Waals surface area contributed by atoms with Crippen LogP contribution in [0.4, 0.5) is 5.13 Å². The Bertz CT molecular complexity index is 552. The molecule has 1 amide bonds. The molecule has 0 unspecified atom stereocenters. The van der Waals surface area contributed by atoms with E-state index in [-0.39, 0.29) is 9.47 Å². The van der Waals surface area contributed by atoms with Crippen LogP contribution >= 0.6 is 11.3 Å². The van der Waals surface area contributed by atoms with Crippen LogP contribution in [0.5, 0.6) is 0 Å². The van der Waals surface area contributed by atoms with Crippen molar-refractivity contribution in [3.63, 3.8) is 0 Å². The average molecular weight is 294 g/mol. The molecule has 1 heterocycles. The van der Waals surface area contributed by atoms with Crippen LogP contribution in [0, 0.1) is 0 Å². The van der Waals surface area contributed by atoms with Gasteiger partial charge in [0.2, 0.25) is 15.4 Å². The zero-order valence-electron chi connectivity index (χ0n) is 9.46. The smallest absolute Gasteiger partial charge is 0.320 e. The van der Waals surface area contributed by atoms with Crippen molar-refractivity contribution in [1.29, 1.82) is 0 Å². The molecule has 1 aromatic rings. The molecule has 11 heteroatoms. The summed E-state index contributed by atoms with van der Waals surface area (Å²) in [6.45, 7) is 0.749. The predicted octanol–water partition coefficient (Wildman–Crippen LogP) is -1.05. The van der Waals surface area contributed by atoms with Crippen LogP contribution in [0.15, 0.2) is 4.34 Å². The van der Waals surface area contributed by atoms with Crippen molar-refractivity contribution in [2.75, 3.05) is 19.0 Å². The van der Waals surface area contributed by atoms with Crippen molar-refractivity contribution >= 4 is 38.4 Å². The number of carbonyl (C=O) groups is 2. The van der Waals surface area contributed by atoms with E-state index >= 15 is 0 Å². The first-order valence-corrected chi connectivity index (χ1v) is 6.82. The lowest BCUT2D eigenvalue weighted by atomic mass is 10.7. The Morgan fingerprint density at radius 2 is 2.06 bits per heavy atom. The molecule has 100 valence electrons. The number of ether oxygens (including phenoxy) is 1. The van der Waals surface area contributed by atoms with E-state index < -0.39 is 28.4 Å². The van der Waals surface area contributed by atoms with Crippen LogP contribution < -0.4 is 10.0 Å². The van der Waals surface area contributed by atoms with Crippen molar-refractivity contribution < 1.29 is 22.7 Å². The summed E-state index contributed by atoms with van der Waals surface area (Å²) in [4.78, 5) is 21.5. The lowest BCUT2D eigenvalue weighted by Crippen LogP contribution is -2.30. The minimum atomic E-state index is -3.94. The van der Waals surface area contributed by atoms with E-state index in [0.29, 0.717) is 11.3 Å². The zero-order chi connectivity index (χ0) is 13.8. The van der Waals surface area contributed by atoms with Gasteiger partial charge in [-0.1, -0.05) is 11.3 Å². The second-order valence-corrected chi connectivity index (χ2v) is 5.87. The summed E-state index contributed by atoms with van der Waals surface area (Å²) in [7, 11) is -2.80. The molecule has 0 aliphatic rings. The molecule has 0 saturated heterocycles. The van der Waals surface area contributed by atoms with E-state index in [2.05, 4.69) is 20.3 Å². The third kappa shape index (κ3) is 4.01. The second kappa shape index (κ2) is 5.84. The highest BCUT2D eigenvalue weighted by atomic mass is 32.2. The number of sulfonamides is 1. The number of rotatable bonds is 5. The van der Waals surface area contributed by atoms with Crippen LogP contribution in [0.1, 0.15) is 6.92 Å². The maximum absolute atomic E-state index is 11.6. The van der Waals surface area contributed by atoms with Gasteiger partial charge in [-0.3, -0.25) is 9.59 Å². The number of nitrogens with one attached hydrogen (secondary N) is 2. The molecular formula is C7H10N4O5S2. The van der Waals surface area contributed by atoms with E-state index in [0.717, 1.165) is 7.11 Å². The Morgan fingerprint density at radius 3 is 2.61 bits per heavy atom. The molecule has 0 radical (unpaired) electrons. The first kappa shape index (κ1) is 14.5. The number of carbonyl (C=O) groups excluding carboxylic acids is 2. The predicted molar refractivity (Wildman–Crippen MR) is 61.4 cm³/mol. The van der Waals surface area contributed by atoms with Gasteiger partial charge in [0.15, 0.2) is 0 Å². The van der Waals surface area contributed by atoms with Gasteiger partial charge in [0.05, 0.1) is 7.11 Å². The number of hydrogen-bond acceptors (Lipinski definition) is 8. The van der Waals surface area contributed by atoms with Crippen molar-refractivity contribution in [3.05, 3.63) is 0 Å². The number of anilines is 1. The summed E-state index contributed by atoms with van der Waals surface area (Å²) in [5, 5.41) is 9.22. The molecule has 2 N–H and O–H groups in total. The number of hydrogen-bond donors (Lipinski definition) is 2. The van der Waals surface area contributed by atoms with Gasteiger partial charge in [0.1, 0.15) is 6.54 Å². The third-order valence-corrected chi connectivity index (χ3v) is 4.16. The highest BCUT2D eigenvalue weighted by Gasteiger charge is 2.21.